The van der Waals surface area contributed by atoms with Crippen LogP contribution in [0.3, 0.4) is 0 Å². The van der Waals surface area contributed by atoms with Crippen LogP contribution in [0.2, 0.25) is 0 Å². The predicted molar refractivity (Wildman–Crippen MR) is 101 cm³/mol. The Labute approximate surface area is 154 Å². The van der Waals surface area contributed by atoms with E-state index in [0.717, 1.165) is 57.9 Å². The normalized spacial score (nSPS) is 21.6. The summed E-state index contributed by atoms with van der Waals surface area (Å²) < 4.78 is 0. The molecule has 6 nitrogen and oxygen atoms in total. The van der Waals surface area contributed by atoms with Crippen molar-refractivity contribution in [3.8, 4) is 0 Å². The standard InChI is InChI=1S/C20H28N4O2/c25-19(24-10-1-2-11-24)15-4-3-5-17(14-15)22-20(26)21-16-8-12-23(13-9-16)18-6-7-18/h3-5,14,16,18H,1-2,6-13H2,(H2,21,22,26). The van der Waals surface area contributed by atoms with E-state index in [9.17, 15) is 9.59 Å². The van der Waals surface area contributed by atoms with E-state index >= 15 is 0 Å². The number of nitrogens with one attached hydrogen (secondary N) is 2. The maximum absolute atomic E-state index is 12.5. The number of carbonyl (C=O) groups excluding carboxylic acids is 2. The fourth-order valence-corrected chi connectivity index (χ4v) is 4.03. The zero-order chi connectivity index (χ0) is 17.9. The van der Waals surface area contributed by atoms with E-state index in [1.165, 1.54) is 12.8 Å². The van der Waals surface area contributed by atoms with Crippen LogP contribution in [0.25, 0.3) is 0 Å². The highest BCUT2D eigenvalue weighted by molar-refractivity contribution is 5.97. The first kappa shape index (κ1) is 17.3. The number of hydrogen-bond acceptors (Lipinski definition) is 3. The van der Waals surface area contributed by atoms with Crippen molar-refractivity contribution in [2.45, 2.75) is 50.6 Å². The lowest BCUT2D eigenvalue weighted by Gasteiger charge is -2.32. The molecule has 0 radical (unpaired) electrons. The maximum atomic E-state index is 12.5. The molecule has 1 aromatic carbocycles. The van der Waals surface area contributed by atoms with Gasteiger partial charge in [-0.15, -0.1) is 0 Å². The molecular formula is C20H28N4O2. The number of nitrogens with zero attached hydrogens (tertiary/aromatic N) is 2. The maximum Gasteiger partial charge on any atom is 0.319 e. The Kier molecular flexibility index (Phi) is 5.11. The fourth-order valence-electron chi connectivity index (χ4n) is 4.03. The van der Waals surface area contributed by atoms with Crippen LogP contribution >= 0.6 is 0 Å². The van der Waals surface area contributed by atoms with Gasteiger partial charge in [0.15, 0.2) is 0 Å². The molecule has 2 N–H and O–H groups in total. The summed E-state index contributed by atoms with van der Waals surface area (Å²) in [7, 11) is 0. The first-order valence-electron chi connectivity index (χ1n) is 9.90. The van der Waals surface area contributed by atoms with Crippen molar-refractivity contribution in [2.75, 3.05) is 31.5 Å². The van der Waals surface area contributed by atoms with Crippen LogP contribution in [0.1, 0.15) is 48.9 Å². The Balaban J connectivity index is 1.28. The average molecular weight is 356 g/mol. The number of likely N-dealkylation sites (tertiary alicyclic amines) is 2. The van der Waals surface area contributed by atoms with Crippen molar-refractivity contribution >= 4 is 17.6 Å². The largest absolute Gasteiger partial charge is 0.339 e. The van der Waals surface area contributed by atoms with Crippen LogP contribution in [0, 0.1) is 0 Å². The van der Waals surface area contributed by atoms with Crippen molar-refractivity contribution in [3.63, 3.8) is 0 Å². The van der Waals surface area contributed by atoms with E-state index in [1.54, 1.807) is 6.07 Å². The topological polar surface area (TPSA) is 64.7 Å². The fraction of sp³-hybridized carbons (Fsp3) is 0.600. The number of rotatable bonds is 4. The number of anilines is 1. The number of benzene rings is 1. The molecule has 1 saturated carbocycles. The number of hydrogen-bond donors (Lipinski definition) is 2. The molecule has 2 saturated heterocycles. The van der Waals surface area contributed by atoms with E-state index in [1.807, 2.05) is 23.1 Å². The molecule has 4 rings (SSSR count). The Bertz CT molecular complexity index is 660. The van der Waals surface area contributed by atoms with Crippen LogP contribution in [-0.2, 0) is 0 Å². The molecule has 3 fully saturated rings. The lowest BCUT2D eigenvalue weighted by molar-refractivity contribution is 0.0793. The van der Waals surface area contributed by atoms with Gasteiger partial charge in [-0.2, -0.15) is 0 Å². The van der Waals surface area contributed by atoms with Crippen molar-refractivity contribution in [1.29, 1.82) is 0 Å². The molecule has 3 amide bonds. The number of urea groups is 1. The zero-order valence-electron chi connectivity index (χ0n) is 15.2. The van der Waals surface area contributed by atoms with E-state index in [0.29, 0.717) is 11.3 Å². The van der Waals surface area contributed by atoms with Gasteiger partial charge in [0.25, 0.3) is 5.91 Å². The molecule has 6 heteroatoms. The summed E-state index contributed by atoms with van der Waals surface area (Å²) in [5, 5.41) is 5.97. The van der Waals surface area contributed by atoms with Gasteiger partial charge in [0.05, 0.1) is 0 Å². The summed E-state index contributed by atoms with van der Waals surface area (Å²) in [5.74, 6) is 0.0546. The molecule has 3 aliphatic rings. The van der Waals surface area contributed by atoms with Gasteiger partial charge in [0.1, 0.15) is 0 Å². The molecule has 140 valence electrons. The second kappa shape index (κ2) is 7.66. The molecule has 1 aliphatic carbocycles. The zero-order valence-corrected chi connectivity index (χ0v) is 15.2. The van der Waals surface area contributed by atoms with Crippen LogP contribution < -0.4 is 10.6 Å². The van der Waals surface area contributed by atoms with Crippen molar-refractivity contribution < 1.29 is 9.59 Å². The van der Waals surface area contributed by atoms with Crippen LogP contribution in [0.4, 0.5) is 10.5 Å². The molecule has 0 spiro atoms. The van der Waals surface area contributed by atoms with Gasteiger partial charge in [-0.1, -0.05) is 6.07 Å². The number of amides is 3. The summed E-state index contributed by atoms with van der Waals surface area (Å²) in [6.07, 6.45) is 6.85. The van der Waals surface area contributed by atoms with E-state index < -0.39 is 0 Å². The second-order valence-corrected chi connectivity index (χ2v) is 7.72. The van der Waals surface area contributed by atoms with Crippen LogP contribution in [-0.4, -0.2) is 60.0 Å². The molecule has 0 atom stereocenters. The number of carbonyl (C=O) groups is 2. The highest BCUT2D eigenvalue weighted by Crippen LogP contribution is 2.29. The van der Waals surface area contributed by atoms with Gasteiger partial charge in [-0.05, 0) is 56.7 Å². The second-order valence-electron chi connectivity index (χ2n) is 7.72. The Morgan fingerprint density at radius 1 is 0.962 bits per heavy atom. The third kappa shape index (κ3) is 4.18. The van der Waals surface area contributed by atoms with Crippen molar-refractivity contribution in [2.24, 2.45) is 0 Å². The van der Waals surface area contributed by atoms with E-state index in [-0.39, 0.29) is 18.0 Å². The van der Waals surface area contributed by atoms with Gasteiger partial charge in [0.2, 0.25) is 0 Å². The quantitative estimate of drug-likeness (QED) is 0.872. The third-order valence-electron chi connectivity index (χ3n) is 5.69. The molecule has 26 heavy (non-hydrogen) atoms. The van der Waals surface area contributed by atoms with Crippen molar-refractivity contribution in [3.05, 3.63) is 29.8 Å². The lowest BCUT2D eigenvalue weighted by Crippen LogP contribution is -2.46. The molecule has 1 aromatic rings. The van der Waals surface area contributed by atoms with Gasteiger partial charge in [0, 0.05) is 49.5 Å². The lowest BCUT2D eigenvalue weighted by atomic mass is 10.1. The Morgan fingerprint density at radius 3 is 2.38 bits per heavy atom. The number of piperidine rings is 1. The van der Waals surface area contributed by atoms with Gasteiger partial charge in [-0.25, -0.2) is 4.79 Å². The Hall–Kier alpha value is -2.08. The highest BCUT2D eigenvalue weighted by Gasteiger charge is 2.32. The minimum atomic E-state index is -0.180. The summed E-state index contributed by atoms with van der Waals surface area (Å²) in [4.78, 5) is 29.2. The summed E-state index contributed by atoms with van der Waals surface area (Å²) in [6.45, 7) is 3.82. The molecular weight excluding hydrogens is 328 g/mol. The Morgan fingerprint density at radius 2 is 1.69 bits per heavy atom. The third-order valence-corrected chi connectivity index (χ3v) is 5.69. The summed E-state index contributed by atoms with van der Waals surface area (Å²) in [5.41, 5.74) is 1.31. The molecule has 2 heterocycles. The minimum absolute atomic E-state index is 0.0546. The van der Waals surface area contributed by atoms with Crippen molar-refractivity contribution in [1.82, 2.24) is 15.1 Å². The van der Waals surface area contributed by atoms with Gasteiger partial charge >= 0.3 is 6.03 Å². The highest BCUT2D eigenvalue weighted by atomic mass is 16.2. The van der Waals surface area contributed by atoms with E-state index in [4.69, 9.17) is 0 Å². The van der Waals surface area contributed by atoms with E-state index in [2.05, 4.69) is 15.5 Å². The molecule has 0 unspecified atom stereocenters. The van der Waals surface area contributed by atoms with Gasteiger partial charge in [-0.3, -0.25) is 4.79 Å². The van der Waals surface area contributed by atoms with Crippen LogP contribution in [0.15, 0.2) is 24.3 Å². The minimum Gasteiger partial charge on any atom is -0.339 e. The summed E-state index contributed by atoms with van der Waals surface area (Å²) >= 11 is 0. The smallest absolute Gasteiger partial charge is 0.319 e. The average Bonchev–Trinajstić information content (AvgIpc) is 3.36. The molecule has 2 aliphatic heterocycles. The SMILES string of the molecule is O=C(Nc1cccc(C(=O)N2CCCC2)c1)NC1CCN(C2CC2)CC1. The first-order chi connectivity index (χ1) is 12.7. The van der Waals surface area contributed by atoms with Gasteiger partial charge < -0.3 is 20.4 Å². The molecule has 0 aromatic heterocycles. The molecule has 0 bridgehead atoms. The first-order valence-corrected chi connectivity index (χ1v) is 9.90. The monoisotopic (exact) mass is 356 g/mol. The summed E-state index contributed by atoms with van der Waals surface area (Å²) in [6, 6.07) is 8.11. The predicted octanol–water partition coefficient (Wildman–Crippen LogP) is 2.67. The van der Waals surface area contributed by atoms with Crippen LogP contribution in [0.5, 0.6) is 0 Å².